The maximum absolute atomic E-state index is 12.6. The molecule has 104 valence electrons. The normalized spacial score (nSPS) is 16.0. The van der Waals surface area contributed by atoms with Crippen LogP contribution >= 0.6 is 11.6 Å². The predicted molar refractivity (Wildman–Crippen MR) is 66.1 cm³/mol. The van der Waals surface area contributed by atoms with Crippen molar-refractivity contribution in [2.24, 2.45) is 5.92 Å². The number of hydrogen-bond donors (Lipinski definition) is 2. The molecule has 1 saturated heterocycles. The molecule has 0 aliphatic carbocycles. The van der Waals surface area contributed by atoms with Crippen LogP contribution in [-0.2, 0) is 11.0 Å². The highest BCUT2D eigenvalue weighted by Crippen LogP contribution is 2.36. The molecule has 1 amide bonds. The molecule has 0 bridgehead atoms. The smallest absolute Gasteiger partial charge is 0.326 e. The van der Waals surface area contributed by atoms with Crippen LogP contribution in [0.3, 0.4) is 0 Å². The highest BCUT2D eigenvalue weighted by atomic mass is 35.5. The maximum atomic E-state index is 12.6. The van der Waals surface area contributed by atoms with E-state index >= 15 is 0 Å². The van der Waals surface area contributed by atoms with Gasteiger partial charge in [-0.05, 0) is 37.2 Å². The number of anilines is 1. The molecule has 0 radical (unpaired) electrons. The van der Waals surface area contributed by atoms with Gasteiger partial charge < -0.3 is 10.6 Å². The molecule has 19 heavy (non-hydrogen) atoms. The van der Waals surface area contributed by atoms with Gasteiger partial charge in [0.1, 0.15) is 0 Å². The summed E-state index contributed by atoms with van der Waals surface area (Å²) in [5.74, 6) is -0.0312. The van der Waals surface area contributed by atoms with Crippen molar-refractivity contribution in [1.29, 1.82) is 0 Å². The van der Waals surface area contributed by atoms with Gasteiger partial charge in [-0.15, -0.1) is 0 Å². The fourth-order valence-electron chi connectivity index (χ4n) is 1.79. The fraction of sp³-hybridized carbons (Fsp3) is 0.417. The molecule has 1 aromatic rings. The topological polar surface area (TPSA) is 41.1 Å². The Hall–Kier alpha value is -1.27. The second-order valence-electron chi connectivity index (χ2n) is 4.47. The summed E-state index contributed by atoms with van der Waals surface area (Å²) in [6.07, 6.45) is -4.23. The summed E-state index contributed by atoms with van der Waals surface area (Å²) in [5, 5.41) is 5.10. The monoisotopic (exact) mass is 292 g/mol. The van der Waals surface area contributed by atoms with Gasteiger partial charge in [-0.3, -0.25) is 4.79 Å². The van der Waals surface area contributed by atoms with Crippen molar-refractivity contribution in [1.82, 2.24) is 5.32 Å². The maximum Gasteiger partial charge on any atom is 0.417 e. The lowest BCUT2D eigenvalue weighted by atomic mass is 9.99. The van der Waals surface area contributed by atoms with Gasteiger partial charge in [-0.2, -0.15) is 13.2 Å². The van der Waals surface area contributed by atoms with E-state index in [2.05, 4.69) is 10.6 Å². The van der Waals surface area contributed by atoms with Gasteiger partial charge in [0.05, 0.1) is 10.6 Å². The summed E-state index contributed by atoms with van der Waals surface area (Å²) < 4.78 is 37.9. The molecule has 2 N–H and O–H groups in total. The summed E-state index contributed by atoms with van der Waals surface area (Å²) in [6, 6.07) is 3.33. The Morgan fingerprint density at radius 3 is 2.63 bits per heavy atom. The predicted octanol–water partition coefficient (Wildman–Crippen LogP) is 2.91. The van der Waals surface area contributed by atoms with E-state index in [9.17, 15) is 18.0 Å². The van der Waals surface area contributed by atoms with Gasteiger partial charge in [0.15, 0.2) is 0 Å². The lowest BCUT2D eigenvalue weighted by molar-refractivity contribution is -0.137. The van der Waals surface area contributed by atoms with Crippen LogP contribution in [0.5, 0.6) is 0 Å². The summed E-state index contributed by atoms with van der Waals surface area (Å²) in [6.45, 7) is 1.53. The molecule has 1 heterocycles. The number of hydrogen-bond acceptors (Lipinski definition) is 2. The van der Waals surface area contributed by atoms with Crippen LogP contribution in [0.25, 0.3) is 0 Å². The first kappa shape index (κ1) is 14.1. The highest BCUT2D eigenvalue weighted by molar-refractivity contribution is 6.31. The van der Waals surface area contributed by atoms with Crippen LogP contribution in [0.2, 0.25) is 5.02 Å². The molecule has 1 fully saturated rings. The van der Waals surface area contributed by atoms with Crippen molar-refractivity contribution < 1.29 is 18.0 Å². The summed E-state index contributed by atoms with van der Waals surface area (Å²) in [7, 11) is 0. The Kier molecular flexibility index (Phi) is 4.01. The van der Waals surface area contributed by atoms with Gasteiger partial charge in [0.25, 0.3) is 0 Å². The lowest BCUT2D eigenvalue weighted by Gasteiger charge is -2.26. The van der Waals surface area contributed by atoms with E-state index in [0.29, 0.717) is 6.42 Å². The van der Waals surface area contributed by atoms with Crippen molar-refractivity contribution in [2.75, 3.05) is 18.4 Å². The Balaban J connectivity index is 2.06. The number of halogens is 4. The van der Waals surface area contributed by atoms with Gasteiger partial charge in [-0.1, -0.05) is 11.6 Å². The van der Waals surface area contributed by atoms with Gasteiger partial charge in [0.2, 0.25) is 5.91 Å². The SMILES string of the molecule is O=C(CC1CNC1)Nc1ccc(Cl)c(C(F)(F)F)c1. The van der Waals surface area contributed by atoms with Crippen LogP contribution in [0.4, 0.5) is 18.9 Å². The number of alkyl halides is 3. The highest BCUT2D eigenvalue weighted by Gasteiger charge is 2.33. The molecule has 0 aromatic heterocycles. The molecular formula is C12H12ClF3N2O. The number of carbonyl (C=O) groups excluding carboxylic acids is 1. The molecule has 0 spiro atoms. The van der Waals surface area contributed by atoms with Crippen LogP contribution in [0, 0.1) is 5.92 Å². The molecule has 0 saturated carbocycles. The molecule has 3 nitrogen and oxygen atoms in total. The molecular weight excluding hydrogens is 281 g/mol. The Morgan fingerprint density at radius 1 is 1.42 bits per heavy atom. The van der Waals surface area contributed by atoms with Crippen LogP contribution in [0.15, 0.2) is 18.2 Å². The summed E-state index contributed by atoms with van der Waals surface area (Å²) in [4.78, 5) is 11.6. The van der Waals surface area contributed by atoms with Gasteiger partial charge in [-0.25, -0.2) is 0 Å². The van der Waals surface area contributed by atoms with Gasteiger partial charge in [0, 0.05) is 12.1 Å². The Bertz CT molecular complexity index is 486. The average Bonchev–Trinajstić information content (AvgIpc) is 2.25. The first-order valence-electron chi connectivity index (χ1n) is 5.73. The number of benzene rings is 1. The minimum absolute atomic E-state index is 0.106. The fourth-order valence-corrected chi connectivity index (χ4v) is 2.01. The van der Waals surface area contributed by atoms with E-state index in [1.165, 1.54) is 6.07 Å². The van der Waals surface area contributed by atoms with Crippen LogP contribution < -0.4 is 10.6 Å². The molecule has 2 rings (SSSR count). The standard InChI is InChI=1S/C12H12ClF3N2O/c13-10-2-1-8(4-9(10)12(14,15)16)18-11(19)3-7-5-17-6-7/h1-2,4,7,17H,3,5-6H2,(H,18,19). The van der Waals surface area contributed by atoms with Crippen molar-refractivity contribution >= 4 is 23.2 Å². The van der Waals surface area contributed by atoms with E-state index in [0.717, 1.165) is 25.2 Å². The van der Waals surface area contributed by atoms with Crippen molar-refractivity contribution in [2.45, 2.75) is 12.6 Å². The third kappa shape index (κ3) is 3.61. The first-order valence-corrected chi connectivity index (χ1v) is 6.11. The van der Waals surface area contributed by atoms with Crippen LogP contribution in [-0.4, -0.2) is 19.0 Å². The van der Waals surface area contributed by atoms with Crippen molar-refractivity contribution in [3.05, 3.63) is 28.8 Å². The quantitative estimate of drug-likeness (QED) is 0.899. The number of nitrogens with one attached hydrogen (secondary N) is 2. The number of amides is 1. The summed E-state index contributed by atoms with van der Waals surface area (Å²) in [5.41, 5.74) is -0.841. The van der Waals surface area contributed by atoms with E-state index < -0.39 is 11.7 Å². The largest absolute Gasteiger partial charge is 0.417 e. The molecule has 1 aromatic carbocycles. The van der Waals surface area contributed by atoms with Crippen molar-refractivity contribution in [3.63, 3.8) is 0 Å². The summed E-state index contributed by atoms with van der Waals surface area (Å²) >= 11 is 5.49. The third-order valence-electron chi connectivity index (χ3n) is 2.90. The van der Waals surface area contributed by atoms with Gasteiger partial charge >= 0.3 is 6.18 Å². The number of rotatable bonds is 3. The van der Waals surface area contributed by atoms with E-state index in [4.69, 9.17) is 11.6 Å². The lowest BCUT2D eigenvalue weighted by Crippen LogP contribution is -2.43. The first-order chi connectivity index (χ1) is 8.86. The third-order valence-corrected chi connectivity index (χ3v) is 3.23. The Labute approximate surface area is 113 Å². The number of carbonyl (C=O) groups is 1. The molecule has 1 aliphatic heterocycles. The molecule has 0 unspecified atom stereocenters. The van der Waals surface area contributed by atoms with E-state index in [1.54, 1.807) is 0 Å². The molecule has 7 heteroatoms. The second kappa shape index (κ2) is 5.38. The zero-order chi connectivity index (χ0) is 14.0. The average molecular weight is 293 g/mol. The molecule has 1 aliphatic rings. The van der Waals surface area contributed by atoms with E-state index in [1.807, 2.05) is 0 Å². The van der Waals surface area contributed by atoms with Crippen LogP contribution in [0.1, 0.15) is 12.0 Å². The zero-order valence-corrected chi connectivity index (χ0v) is 10.6. The zero-order valence-electron chi connectivity index (χ0n) is 9.85. The minimum atomic E-state index is -4.53. The Morgan fingerprint density at radius 2 is 2.11 bits per heavy atom. The van der Waals surface area contributed by atoms with Crippen molar-refractivity contribution in [3.8, 4) is 0 Å². The van der Waals surface area contributed by atoms with E-state index in [-0.39, 0.29) is 22.5 Å². The second-order valence-corrected chi connectivity index (χ2v) is 4.88. The molecule has 0 atom stereocenters. The minimum Gasteiger partial charge on any atom is -0.326 e.